The van der Waals surface area contributed by atoms with Crippen molar-refractivity contribution in [3.63, 3.8) is 0 Å². The van der Waals surface area contributed by atoms with Gasteiger partial charge in [-0.1, -0.05) is 88.4 Å². The largest absolute Gasteiger partial charge is 0.457 e. The predicted octanol–water partition coefficient (Wildman–Crippen LogP) is 12.7. The van der Waals surface area contributed by atoms with Crippen LogP contribution in [-0.4, -0.2) is 23.9 Å². The van der Waals surface area contributed by atoms with E-state index < -0.39 is 0 Å². The van der Waals surface area contributed by atoms with E-state index in [2.05, 4.69) is 160 Å². The first-order valence-electron chi connectivity index (χ1n) is 19.0. The maximum atomic E-state index is 6.60. The summed E-state index contributed by atoms with van der Waals surface area (Å²) >= 11 is 0. The van der Waals surface area contributed by atoms with Crippen LogP contribution < -0.4 is 4.74 Å². The van der Waals surface area contributed by atoms with Crippen LogP contribution in [-0.2, 0) is 0 Å². The fourth-order valence-corrected chi connectivity index (χ4v) is 8.56. The van der Waals surface area contributed by atoms with Crippen LogP contribution in [0.3, 0.4) is 0 Å². The lowest BCUT2D eigenvalue weighted by Crippen LogP contribution is -2.09. The maximum Gasteiger partial charge on any atom is 0.142 e. The summed E-state index contributed by atoms with van der Waals surface area (Å²) in [5.74, 6) is 3.12. The minimum Gasteiger partial charge on any atom is -0.457 e. The number of fused-ring (bicyclic) bond motifs is 6. The molecule has 0 amide bonds. The third-order valence-corrected chi connectivity index (χ3v) is 10.9. The van der Waals surface area contributed by atoms with E-state index in [9.17, 15) is 0 Å². The number of nitrogens with zero attached hydrogens (tertiary/aromatic N) is 5. The molecule has 268 valence electrons. The van der Waals surface area contributed by atoms with Crippen molar-refractivity contribution in [1.82, 2.24) is 23.9 Å². The lowest BCUT2D eigenvalue weighted by Gasteiger charge is -2.21. The Morgan fingerprint density at radius 3 is 1.87 bits per heavy atom. The van der Waals surface area contributed by atoms with Gasteiger partial charge in [0.05, 0.1) is 39.1 Å². The van der Waals surface area contributed by atoms with Gasteiger partial charge in [0.15, 0.2) is 0 Å². The lowest BCUT2D eigenvalue weighted by atomic mass is 9.98. The molecule has 0 aliphatic carbocycles. The molecule has 0 spiro atoms. The molecular weight excluding hydrogens is 663 g/mol. The standard InChI is InChI=1S/C48H45N5O/c1-28(2)37-17-12-19-41-42-20-13-18-38(29(3)4)47(42)52(46(37)41)45-30(5)27-49-48(33(45)8)51-43-21-10-9-16-39(43)40-23-22-36(26-44(40)51)54-35-15-11-14-34(25-35)53-32(7)24-31(6)50-53/h9-29H,1-8H3. The molecule has 4 heterocycles. The lowest BCUT2D eigenvalue weighted by molar-refractivity contribution is 0.482. The van der Waals surface area contributed by atoms with Gasteiger partial charge < -0.3 is 9.30 Å². The van der Waals surface area contributed by atoms with E-state index in [1.807, 2.05) is 29.8 Å². The van der Waals surface area contributed by atoms with Crippen molar-refractivity contribution in [3.8, 4) is 28.7 Å². The van der Waals surface area contributed by atoms with Crippen molar-refractivity contribution in [1.29, 1.82) is 0 Å². The van der Waals surface area contributed by atoms with Gasteiger partial charge in [-0.2, -0.15) is 5.10 Å². The second kappa shape index (κ2) is 12.8. The molecule has 0 radical (unpaired) electrons. The smallest absolute Gasteiger partial charge is 0.142 e. The number of hydrogen-bond acceptors (Lipinski definition) is 3. The fraction of sp³-hybridized carbons (Fsp3) is 0.208. The van der Waals surface area contributed by atoms with Gasteiger partial charge in [0.1, 0.15) is 17.3 Å². The number of ether oxygens (including phenoxy) is 1. The summed E-state index contributed by atoms with van der Waals surface area (Å²) in [5.41, 5.74) is 13.9. The SMILES string of the molecule is Cc1cc(C)n(-c2cccc(Oc3ccc4c5ccccc5n(-c5ncc(C)c(-n6c7c(C(C)C)cccc7c7cccc(C(C)C)c76)c5C)c4c3)c2)n1. The highest BCUT2D eigenvalue weighted by molar-refractivity contribution is 6.12. The van der Waals surface area contributed by atoms with E-state index in [1.54, 1.807) is 0 Å². The van der Waals surface area contributed by atoms with Crippen molar-refractivity contribution < 1.29 is 4.74 Å². The van der Waals surface area contributed by atoms with Crippen LogP contribution in [0.1, 0.15) is 73.2 Å². The molecule has 54 heavy (non-hydrogen) atoms. The van der Waals surface area contributed by atoms with Crippen LogP contribution in [0.25, 0.3) is 60.8 Å². The highest BCUT2D eigenvalue weighted by Crippen LogP contribution is 2.43. The Morgan fingerprint density at radius 1 is 0.574 bits per heavy atom. The van der Waals surface area contributed by atoms with Crippen LogP contribution in [0.4, 0.5) is 0 Å². The van der Waals surface area contributed by atoms with Gasteiger partial charge >= 0.3 is 0 Å². The van der Waals surface area contributed by atoms with Crippen molar-refractivity contribution in [2.24, 2.45) is 0 Å². The van der Waals surface area contributed by atoms with Gasteiger partial charge in [0.2, 0.25) is 0 Å². The molecule has 0 unspecified atom stereocenters. The maximum absolute atomic E-state index is 6.60. The van der Waals surface area contributed by atoms with Gasteiger partial charge in [-0.3, -0.25) is 4.57 Å². The van der Waals surface area contributed by atoms with Crippen LogP contribution in [0.5, 0.6) is 11.5 Å². The summed E-state index contributed by atoms with van der Waals surface area (Å²) in [4.78, 5) is 5.23. The molecule has 0 fully saturated rings. The number of benzene rings is 5. The van der Waals surface area contributed by atoms with Gasteiger partial charge in [0.25, 0.3) is 0 Å². The van der Waals surface area contributed by atoms with Crippen LogP contribution >= 0.6 is 0 Å². The van der Waals surface area contributed by atoms with Crippen LogP contribution in [0.15, 0.2) is 115 Å². The zero-order valence-electron chi connectivity index (χ0n) is 32.3. The molecule has 0 bridgehead atoms. The first-order valence-corrected chi connectivity index (χ1v) is 19.0. The average molecular weight is 708 g/mol. The number of rotatable bonds is 7. The van der Waals surface area contributed by atoms with Gasteiger partial charge in [-0.25, -0.2) is 9.67 Å². The number of hydrogen-bond donors (Lipinski definition) is 0. The summed E-state index contributed by atoms with van der Waals surface area (Å²) in [6, 6.07) is 38.8. The molecule has 0 N–H and O–H groups in total. The summed E-state index contributed by atoms with van der Waals surface area (Å²) < 4.78 is 13.4. The second-order valence-electron chi connectivity index (χ2n) is 15.3. The molecule has 4 aromatic heterocycles. The van der Waals surface area contributed by atoms with E-state index in [0.717, 1.165) is 61.9 Å². The minimum absolute atomic E-state index is 0.352. The molecule has 0 aliphatic heterocycles. The van der Waals surface area contributed by atoms with Gasteiger partial charge in [0, 0.05) is 51.1 Å². The zero-order valence-corrected chi connectivity index (χ0v) is 32.3. The molecule has 0 atom stereocenters. The third kappa shape index (κ3) is 5.23. The molecule has 5 aromatic carbocycles. The summed E-state index contributed by atoms with van der Waals surface area (Å²) in [6.07, 6.45) is 2.05. The Labute approximate surface area is 316 Å². The van der Waals surface area contributed by atoms with E-state index in [1.165, 1.54) is 44.0 Å². The Hall–Kier alpha value is -6.14. The Morgan fingerprint density at radius 2 is 1.20 bits per heavy atom. The molecule has 0 saturated heterocycles. The van der Waals surface area contributed by atoms with E-state index >= 15 is 0 Å². The first kappa shape index (κ1) is 33.7. The van der Waals surface area contributed by atoms with Crippen LogP contribution in [0.2, 0.25) is 0 Å². The molecular formula is C48H45N5O. The number of para-hydroxylation sites is 3. The van der Waals surface area contributed by atoms with E-state index in [0.29, 0.717) is 11.8 Å². The predicted molar refractivity (Wildman–Crippen MR) is 224 cm³/mol. The van der Waals surface area contributed by atoms with Crippen molar-refractivity contribution in [3.05, 3.63) is 149 Å². The molecule has 0 saturated carbocycles. The summed E-state index contributed by atoms with van der Waals surface area (Å²) in [7, 11) is 0. The summed E-state index contributed by atoms with van der Waals surface area (Å²) in [5, 5.41) is 9.59. The number of pyridine rings is 1. The highest BCUT2D eigenvalue weighted by Gasteiger charge is 2.25. The van der Waals surface area contributed by atoms with E-state index in [-0.39, 0.29) is 0 Å². The third-order valence-electron chi connectivity index (χ3n) is 10.9. The van der Waals surface area contributed by atoms with Crippen molar-refractivity contribution >= 4 is 43.6 Å². The van der Waals surface area contributed by atoms with Crippen LogP contribution in [0, 0.1) is 27.7 Å². The quantitative estimate of drug-likeness (QED) is 0.166. The first-order chi connectivity index (χ1) is 26.1. The molecule has 9 aromatic rings. The highest BCUT2D eigenvalue weighted by atomic mass is 16.5. The molecule has 0 aliphatic rings. The normalized spacial score (nSPS) is 12.0. The number of aromatic nitrogens is 5. The Bertz CT molecular complexity index is 2850. The van der Waals surface area contributed by atoms with E-state index in [4.69, 9.17) is 9.72 Å². The molecule has 6 nitrogen and oxygen atoms in total. The minimum atomic E-state index is 0.352. The van der Waals surface area contributed by atoms with Gasteiger partial charge in [-0.15, -0.1) is 0 Å². The zero-order chi connectivity index (χ0) is 37.4. The average Bonchev–Trinajstić information content (AvgIpc) is 3.80. The number of aryl methyl sites for hydroxylation is 3. The Kier molecular flexibility index (Phi) is 7.96. The fourth-order valence-electron chi connectivity index (χ4n) is 8.56. The van der Waals surface area contributed by atoms with Gasteiger partial charge in [-0.05, 0) is 92.6 Å². The monoisotopic (exact) mass is 707 g/mol. The topological polar surface area (TPSA) is 49.8 Å². The molecule has 9 rings (SSSR count). The van der Waals surface area contributed by atoms with Crippen molar-refractivity contribution in [2.45, 2.75) is 67.2 Å². The summed E-state index contributed by atoms with van der Waals surface area (Å²) in [6.45, 7) is 17.7. The second-order valence-corrected chi connectivity index (χ2v) is 15.3. The van der Waals surface area contributed by atoms with Crippen molar-refractivity contribution in [2.75, 3.05) is 0 Å². The molecule has 6 heteroatoms. The Balaban J connectivity index is 1.28.